The minimum atomic E-state index is -0.155. The van der Waals surface area contributed by atoms with Gasteiger partial charge < -0.3 is 4.74 Å². The maximum Gasteiger partial charge on any atom is 0.323 e. The van der Waals surface area contributed by atoms with Gasteiger partial charge >= 0.3 is 5.97 Å². The molecule has 4 nitrogen and oxygen atoms in total. The van der Waals surface area contributed by atoms with Crippen molar-refractivity contribution in [3.8, 4) is 6.07 Å². The summed E-state index contributed by atoms with van der Waals surface area (Å²) in [6.07, 6.45) is 2.67. The number of ether oxygens (including phenoxy) is 1. The van der Waals surface area contributed by atoms with E-state index in [9.17, 15) is 4.79 Å². The lowest BCUT2D eigenvalue weighted by Crippen LogP contribution is -2.43. The SMILES string of the molecule is CCN(CCC#N)C(C(=O)OC)C1CC1. The van der Waals surface area contributed by atoms with Crippen molar-refractivity contribution < 1.29 is 9.53 Å². The van der Waals surface area contributed by atoms with E-state index in [-0.39, 0.29) is 12.0 Å². The van der Waals surface area contributed by atoms with Crippen LogP contribution in [0.3, 0.4) is 0 Å². The molecule has 0 bridgehead atoms. The highest BCUT2D eigenvalue weighted by atomic mass is 16.5. The van der Waals surface area contributed by atoms with Crippen molar-refractivity contribution >= 4 is 5.97 Å². The lowest BCUT2D eigenvalue weighted by atomic mass is 10.1. The van der Waals surface area contributed by atoms with Crippen LogP contribution in [-0.2, 0) is 9.53 Å². The van der Waals surface area contributed by atoms with Gasteiger partial charge in [0.1, 0.15) is 6.04 Å². The first-order chi connectivity index (χ1) is 7.24. The first kappa shape index (κ1) is 12.0. The Morgan fingerprint density at radius 1 is 1.67 bits per heavy atom. The zero-order chi connectivity index (χ0) is 11.3. The fourth-order valence-corrected chi connectivity index (χ4v) is 1.86. The molecule has 15 heavy (non-hydrogen) atoms. The summed E-state index contributed by atoms with van der Waals surface area (Å²) in [5.74, 6) is 0.286. The van der Waals surface area contributed by atoms with Gasteiger partial charge in [-0.3, -0.25) is 9.69 Å². The molecule has 0 amide bonds. The lowest BCUT2D eigenvalue weighted by Gasteiger charge is -2.27. The van der Waals surface area contributed by atoms with Crippen LogP contribution < -0.4 is 0 Å². The molecule has 1 saturated carbocycles. The van der Waals surface area contributed by atoms with E-state index in [0.717, 1.165) is 19.4 Å². The van der Waals surface area contributed by atoms with Crippen LogP contribution in [0.1, 0.15) is 26.2 Å². The summed E-state index contributed by atoms with van der Waals surface area (Å²) < 4.78 is 4.81. The molecule has 0 spiro atoms. The van der Waals surface area contributed by atoms with E-state index in [2.05, 4.69) is 6.07 Å². The van der Waals surface area contributed by atoms with Crippen LogP contribution in [0.2, 0.25) is 0 Å². The molecule has 1 aliphatic carbocycles. The Morgan fingerprint density at radius 2 is 2.33 bits per heavy atom. The molecule has 1 atom stereocenters. The summed E-state index contributed by atoms with van der Waals surface area (Å²) in [5.41, 5.74) is 0. The molecule has 0 aromatic carbocycles. The predicted octanol–water partition coefficient (Wildman–Crippen LogP) is 1.17. The van der Waals surface area contributed by atoms with E-state index in [1.807, 2.05) is 11.8 Å². The number of carbonyl (C=O) groups is 1. The first-order valence-corrected chi connectivity index (χ1v) is 5.43. The molecule has 0 aromatic heterocycles. The third kappa shape index (κ3) is 3.21. The number of carbonyl (C=O) groups excluding carboxylic acids is 1. The Morgan fingerprint density at radius 3 is 2.73 bits per heavy atom. The van der Waals surface area contributed by atoms with E-state index in [4.69, 9.17) is 10.00 Å². The number of methoxy groups -OCH3 is 1. The van der Waals surface area contributed by atoms with E-state index >= 15 is 0 Å². The Kier molecular flexibility index (Phi) is 4.57. The third-order valence-electron chi connectivity index (χ3n) is 2.82. The second kappa shape index (κ2) is 5.72. The van der Waals surface area contributed by atoms with Crippen molar-refractivity contribution in [1.82, 2.24) is 4.90 Å². The van der Waals surface area contributed by atoms with Crippen LogP contribution in [0.5, 0.6) is 0 Å². The molecule has 1 aliphatic rings. The second-order valence-corrected chi connectivity index (χ2v) is 3.84. The first-order valence-electron chi connectivity index (χ1n) is 5.43. The summed E-state index contributed by atoms with van der Waals surface area (Å²) in [4.78, 5) is 13.7. The minimum Gasteiger partial charge on any atom is -0.468 e. The van der Waals surface area contributed by atoms with Crippen LogP contribution in [0.15, 0.2) is 0 Å². The highest BCUT2D eigenvalue weighted by Gasteiger charge is 2.40. The molecule has 0 saturated heterocycles. The number of likely N-dealkylation sites (N-methyl/N-ethyl adjacent to an activating group) is 1. The van der Waals surface area contributed by atoms with Crippen LogP contribution in [0, 0.1) is 17.2 Å². The van der Waals surface area contributed by atoms with Gasteiger partial charge in [0.05, 0.1) is 13.2 Å². The summed E-state index contributed by atoms with van der Waals surface area (Å²) in [6.45, 7) is 3.46. The monoisotopic (exact) mass is 210 g/mol. The van der Waals surface area contributed by atoms with Gasteiger partial charge in [-0.15, -0.1) is 0 Å². The Hall–Kier alpha value is -1.08. The highest BCUT2D eigenvalue weighted by Crippen LogP contribution is 2.35. The molecule has 0 aromatic rings. The molecule has 0 N–H and O–H groups in total. The molecule has 1 fully saturated rings. The standard InChI is InChI=1S/C11H18N2O2/c1-3-13(8-4-7-12)10(9-5-6-9)11(14)15-2/h9-10H,3-6,8H2,1-2H3. The molecule has 1 unspecified atom stereocenters. The molecule has 1 rings (SSSR count). The highest BCUT2D eigenvalue weighted by molar-refractivity contribution is 5.76. The maximum atomic E-state index is 11.6. The number of nitriles is 1. The van der Waals surface area contributed by atoms with Crippen LogP contribution in [-0.4, -0.2) is 37.1 Å². The van der Waals surface area contributed by atoms with Gasteiger partial charge in [0, 0.05) is 13.0 Å². The van der Waals surface area contributed by atoms with Gasteiger partial charge in [-0.25, -0.2) is 0 Å². The molecular formula is C11H18N2O2. The number of nitrogens with zero attached hydrogens (tertiary/aromatic N) is 2. The molecule has 4 heteroatoms. The van der Waals surface area contributed by atoms with Crippen molar-refractivity contribution in [3.05, 3.63) is 0 Å². The number of esters is 1. The second-order valence-electron chi connectivity index (χ2n) is 3.84. The molecule has 84 valence electrons. The van der Waals surface area contributed by atoms with Crippen molar-refractivity contribution in [2.45, 2.75) is 32.2 Å². The summed E-state index contributed by atoms with van der Waals surface area (Å²) in [7, 11) is 1.43. The van der Waals surface area contributed by atoms with Crippen molar-refractivity contribution in [1.29, 1.82) is 5.26 Å². The zero-order valence-electron chi connectivity index (χ0n) is 9.40. The summed E-state index contributed by atoms with van der Waals surface area (Å²) in [5, 5.41) is 8.55. The van der Waals surface area contributed by atoms with Crippen LogP contribution >= 0.6 is 0 Å². The number of hydrogen-bond donors (Lipinski definition) is 0. The number of rotatable bonds is 6. The van der Waals surface area contributed by atoms with Gasteiger partial charge in [0.15, 0.2) is 0 Å². The minimum absolute atomic E-state index is 0.131. The molecular weight excluding hydrogens is 192 g/mol. The van der Waals surface area contributed by atoms with Crippen molar-refractivity contribution in [3.63, 3.8) is 0 Å². The van der Waals surface area contributed by atoms with Gasteiger partial charge in [-0.2, -0.15) is 5.26 Å². The molecule has 0 aliphatic heterocycles. The van der Waals surface area contributed by atoms with E-state index < -0.39 is 0 Å². The topological polar surface area (TPSA) is 53.3 Å². The smallest absolute Gasteiger partial charge is 0.323 e. The average Bonchev–Trinajstić information content (AvgIpc) is 3.07. The largest absolute Gasteiger partial charge is 0.468 e. The Bertz CT molecular complexity index is 256. The van der Waals surface area contributed by atoms with Crippen molar-refractivity contribution in [2.24, 2.45) is 5.92 Å². The van der Waals surface area contributed by atoms with Gasteiger partial charge in [-0.1, -0.05) is 6.92 Å². The van der Waals surface area contributed by atoms with Crippen molar-refractivity contribution in [2.75, 3.05) is 20.2 Å². The Balaban J connectivity index is 2.59. The van der Waals surface area contributed by atoms with E-state index in [1.165, 1.54) is 7.11 Å². The van der Waals surface area contributed by atoms with Gasteiger partial charge in [-0.05, 0) is 25.3 Å². The Labute approximate surface area is 90.8 Å². The third-order valence-corrected chi connectivity index (χ3v) is 2.82. The van der Waals surface area contributed by atoms with Crippen LogP contribution in [0.4, 0.5) is 0 Å². The van der Waals surface area contributed by atoms with E-state index in [0.29, 0.717) is 18.9 Å². The summed E-state index contributed by atoms with van der Waals surface area (Å²) >= 11 is 0. The van der Waals surface area contributed by atoms with Gasteiger partial charge in [0.25, 0.3) is 0 Å². The maximum absolute atomic E-state index is 11.6. The summed E-state index contributed by atoms with van der Waals surface area (Å²) in [6, 6.07) is 1.98. The molecule has 0 heterocycles. The zero-order valence-corrected chi connectivity index (χ0v) is 9.40. The van der Waals surface area contributed by atoms with Gasteiger partial charge in [0.2, 0.25) is 0 Å². The van der Waals surface area contributed by atoms with Crippen LogP contribution in [0.25, 0.3) is 0 Å². The normalized spacial score (nSPS) is 17.2. The predicted molar refractivity (Wildman–Crippen MR) is 56.0 cm³/mol. The van der Waals surface area contributed by atoms with E-state index in [1.54, 1.807) is 0 Å². The fraction of sp³-hybridized carbons (Fsp3) is 0.818. The number of hydrogen-bond acceptors (Lipinski definition) is 4. The fourth-order valence-electron chi connectivity index (χ4n) is 1.86. The quantitative estimate of drug-likeness (QED) is 0.618. The molecule has 0 radical (unpaired) electrons. The average molecular weight is 210 g/mol. The lowest BCUT2D eigenvalue weighted by molar-refractivity contribution is -0.147.